The van der Waals surface area contributed by atoms with E-state index in [1.165, 1.54) is 5.56 Å². The number of hydrogen-bond donors (Lipinski definition) is 0. The van der Waals surface area contributed by atoms with Crippen molar-refractivity contribution >= 4 is 5.91 Å². The normalized spacial score (nSPS) is 19.3. The molecular weight excluding hydrogens is 422 g/mol. The summed E-state index contributed by atoms with van der Waals surface area (Å²) in [4.78, 5) is 15.5. The maximum absolute atomic E-state index is 13.5. The van der Waals surface area contributed by atoms with E-state index >= 15 is 0 Å². The lowest BCUT2D eigenvalue weighted by Gasteiger charge is -2.40. The Morgan fingerprint density at radius 3 is 2.38 bits per heavy atom. The van der Waals surface area contributed by atoms with Gasteiger partial charge in [-0.05, 0) is 81.5 Å². The van der Waals surface area contributed by atoms with Gasteiger partial charge in [-0.2, -0.15) is 0 Å². The Balaban J connectivity index is 1.56. The summed E-state index contributed by atoms with van der Waals surface area (Å²) >= 11 is 0. The molecule has 2 heterocycles. The second-order valence-corrected chi connectivity index (χ2v) is 10.2. The Morgan fingerprint density at radius 1 is 1.03 bits per heavy atom. The highest BCUT2D eigenvalue weighted by atomic mass is 16.5. The second-order valence-electron chi connectivity index (χ2n) is 10.2. The van der Waals surface area contributed by atoms with Gasteiger partial charge in [0.05, 0.1) is 17.9 Å². The zero-order chi connectivity index (χ0) is 24.0. The van der Waals surface area contributed by atoms with Crippen molar-refractivity contribution in [3.05, 3.63) is 95.9 Å². The standard InChI is InChI=1S/C30H37NO3/c1-23(25-13-8-5-9-14-25)31(29(32)28-15-10-19-33-28)18-16-26(21-24-11-6-4-7-12-24)27-17-20-34-30(2,3)22-27/h4-15,19,23,26-27H,16-18,20-22H2,1-3H3/t23-,26-,27+/m1/s1. The number of furan rings is 1. The van der Waals surface area contributed by atoms with Crippen molar-refractivity contribution < 1.29 is 13.9 Å². The molecule has 180 valence electrons. The summed E-state index contributed by atoms with van der Waals surface area (Å²) in [6.45, 7) is 8.00. The summed E-state index contributed by atoms with van der Waals surface area (Å²) in [5.74, 6) is 1.39. The van der Waals surface area contributed by atoms with E-state index in [-0.39, 0.29) is 17.6 Å². The summed E-state index contributed by atoms with van der Waals surface area (Å²) < 4.78 is 11.5. The molecule has 4 rings (SSSR count). The average Bonchev–Trinajstić information content (AvgIpc) is 3.39. The van der Waals surface area contributed by atoms with Crippen molar-refractivity contribution in [2.75, 3.05) is 13.2 Å². The predicted octanol–water partition coefficient (Wildman–Crippen LogP) is 6.94. The molecule has 0 unspecified atom stereocenters. The molecule has 3 aromatic rings. The summed E-state index contributed by atoms with van der Waals surface area (Å²) in [7, 11) is 0. The Labute approximate surface area is 203 Å². The number of carbonyl (C=O) groups excluding carboxylic acids is 1. The largest absolute Gasteiger partial charge is 0.459 e. The van der Waals surface area contributed by atoms with Crippen LogP contribution in [0.25, 0.3) is 0 Å². The van der Waals surface area contributed by atoms with E-state index in [1.54, 1.807) is 18.4 Å². The van der Waals surface area contributed by atoms with E-state index in [1.807, 2.05) is 23.1 Å². The van der Waals surface area contributed by atoms with Gasteiger partial charge >= 0.3 is 0 Å². The fourth-order valence-corrected chi connectivity index (χ4v) is 5.33. The highest BCUT2D eigenvalue weighted by Gasteiger charge is 2.34. The topological polar surface area (TPSA) is 42.7 Å². The van der Waals surface area contributed by atoms with Gasteiger partial charge in [-0.1, -0.05) is 60.7 Å². The van der Waals surface area contributed by atoms with Crippen LogP contribution < -0.4 is 0 Å². The summed E-state index contributed by atoms with van der Waals surface area (Å²) in [6.07, 6.45) is 5.65. The van der Waals surface area contributed by atoms with Gasteiger partial charge in [0.25, 0.3) is 5.91 Å². The molecule has 0 saturated carbocycles. The minimum Gasteiger partial charge on any atom is -0.459 e. The van der Waals surface area contributed by atoms with Gasteiger partial charge in [-0.15, -0.1) is 0 Å². The van der Waals surface area contributed by atoms with E-state index < -0.39 is 0 Å². The van der Waals surface area contributed by atoms with Gasteiger partial charge in [-0.25, -0.2) is 0 Å². The molecule has 1 aliphatic heterocycles. The van der Waals surface area contributed by atoms with Crippen LogP contribution in [-0.2, 0) is 11.2 Å². The van der Waals surface area contributed by atoms with Crippen molar-refractivity contribution in [2.24, 2.45) is 11.8 Å². The average molecular weight is 460 g/mol. The van der Waals surface area contributed by atoms with Crippen LogP contribution in [-0.4, -0.2) is 29.6 Å². The van der Waals surface area contributed by atoms with Crippen LogP contribution in [0.5, 0.6) is 0 Å². The Kier molecular flexibility index (Phi) is 7.89. The summed E-state index contributed by atoms with van der Waals surface area (Å²) in [5.41, 5.74) is 2.39. The molecule has 0 radical (unpaired) electrons. The van der Waals surface area contributed by atoms with Gasteiger partial charge in [0.2, 0.25) is 0 Å². The second kappa shape index (κ2) is 11.1. The number of hydrogen-bond acceptors (Lipinski definition) is 3. The quantitative estimate of drug-likeness (QED) is 0.348. The molecule has 1 aromatic heterocycles. The molecule has 0 spiro atoms. The van der Waals surface area contributed by atoms with E-state index in [0.717, 1.165) is 37.9 Å². The van der Waals surface area contributed by atoms with Crippen LogP contribution in [0, 0.1) is 11.8 Å². The summed E-state index contributed by atoms with van der Waals surface area (Å²) in [6, 6.07) is 24.5. The van der Waals surface area contributed by atoms with Gasteiger partial charge in [0, 0.05) is 13.2 Å². The molecule has 1 aliphatic rings. The van der Waals surface area contributed by atoms with Crippen LogP contribution in [0.1, 0.15) is 67.8 Å². The minimum absolute atomic E-state index is 0.0395. The van der Waals surface area contributed by atoms with E-state index in [4.69, 9.17) is 9.15 Å². The first-order valence-corrected chi connectivity index (χ1v) is 12.5. The maximum Gasteiger partial charge on any atom is 0.290 e. The third-order valence-corrected chi connectivity index (χ3v) is 7.23. The number of rotatable bonds is 9. The number of benzene rings is 2. The van der Waals surface area contributed by atoms with Crippen molar-refractivity contribution in [1.29, 1.82) is 0 Å². The van der Waals surface area contributed by atoms with Crippen LogP contribution >= 0.6 is 0 Å². The van der Waals surface area contributed by atoms with E-state index in [0.29, 0.717) is 24.1 Å². The zero-order valence-corrected chi connectivity index (χ0v) is 20.7. The van der Waals surface area contributed by atoms with E-state index in [9.17, 15) is 4.79 Å². The van der Waals surface area contributed by atoms with Gasteiger partial charge in [0.15, 0.2) is 5.76 Å². The number of amides is 1. The maximum atomic E-state index is 13.5. The Morgan fingerprint density at radius 2 is 1.74 bits per heavy atom. The lowest BCUT2D eigenvalue weighted by atomic mass is 9.75. The number of nitrogens with zero attached hydrogens (tertiary/aromatic N) is 1. The lowest BCUT2D eigenvalue weighted by Crippen LogP contribution is -2.39. The third-order valence-electron chi connectivity index (χ3n) is 7.23. The van der Waals surface area contributed by atoms with Crippen molar-refractivity contribution in [3.63, 3.8) is 0 Å². The highest BCUT2D eigenvalue weighted by Crippen LogP contribution is 2.37. The van der Waals surface area contributed by atoms with Crippen molar-refractivity contribution in [2.45, 2.75) is 58.1 Å². The van der Waals surface area contributed by atoms with E-state index in [2.05, 4.69) is 63.2 Å². The molecule has 0 N–H and O–H groups in total. The lowest BCUT2D eigenvalue weighted by molar-refractivity contribution is -0.0835. The molecule has 2 aromatic carbocycles. The molecular formula is C30H37NO3. The van der Waals surface area contributed by atoms with Gasteiger partial charge in [0.1, 0.15) is 0 Å². The fraction of sp³-hybridized carbons (Fsp3) is 0.433. The molecule has 4 nitrogen and oxygen atoms in total. The molecule has 1 fully saturated rings. The monoisotopic (exact) mass is 459 g/mol. The molecule has 0 aliphatic carbocycles. The predicted molar refractivity (Wildman–Crippen MR) is 136 cm³/mol. The molecule has 3 atom stereocenters. The highest BCUT2D eigenvalue weighted by molar-refractivity contribution is 5.91. The SMILES string of the molecule is C[C@H](c1ccccc1)N(CC[C@H](Cc1ccccc1)[C@H]1CCOC(C)(C)C1)C(=O)c1ccco1. The van der Waals surface area contributed by atoms with Gasteiger partial charge < -0.3 is 14.1 Å². The Bertz CT molecular complexity index is 1010. The third kappa shape index (κ3) is 6.18. The molecule has 1 amide bonds. The van der Waals surface area contributed by atoms with Crippen LogP contribution in [0.15, 0.2) is 83.5 Å². The molecule has 1 saturated heterocycles. The van der Waals surface area contributed by atoms with Crippen LogP contribution in [0.4, 0.5) is 0 Å². The molecule has 34 heavy (non-hydrogen) atoms. The van der Waals surface area contributed by atoms with Crippen molar-refractivity contribution in [1.82, 2.24) is 4.90 Å². The number of carbonyl (C=O) groups is 1. The Hall–Kier alpha value is -2.85. The smallest absolute Gasteiger partial charge is 0.290 e. The first kappa shape index (κ1) is 24.3. The van der Waals surface area contributed by atoms with Crippen molar-refractivity contribution in [3.8, 4) is 0 Å². The first-order valence-electron chi connectivity index (χ1n) is 12.5. The van der Waals surface area contributed by atoms with Crippen LogP contribution in [0.2, 0.25) is 0 Å². The first-order chi connectivity index (χ1) is 16.4. The summed E-state index contributed by atoms with van der Waals surface area (Å²) in [5, 5.41) is 0. The molecule has 0 bridgehead atoms. The number of ether oxygens (including phenoxy) is 1. The van der Waals surface area contributed by atoms with Crippen LogP contribution in [0.3, 0.4) is 0 Å². The zero-order valence-electron chi connectivity index (χ0n) is 20.7. The minimum atomic E-state index is -0.0984. The fourth-order valence-electron chi connectivity index (χ4n) is 5.33. The van der Waals surface area contributed by atoms with Gasteiger partial charge in [-0.3, -0.25) is 4.79 Å². The molecule has 4 heteroatoms.